The Morgan fingerprint density at radius 3 is 2.59 bits per heavy atom. The van der Waals surface area contributed by atoms with Crippen molar-refractivity contribution >= 4 is 5.91 Å². The van der Waals surface area contributed by atoms with Crippen LogP contribution in [0.25, 0.3) is 0 Å². The number of aliphatic hydroxyl groups is 1. The first-order valence-corrected chi connectivity index (χ1v) is 5.35. The lowest BCUT2D eigenvalue weighted by Gasteiger charge is -2.22. The molecule has 0 saturated carbocycles. The van der Waals surface area contributed by atoms with Crippen LogP contribution in [0.5, 0.6) is 0 Å². The third-order valence-electron chi connectivity index (χ3n) is 2.57. The predicted molar refractivity (Wildman–Crippen MR) is 63.9 cm³/mol. The van der Waals surface area contributed by atoms with Gasteiger partial charge in [0.1, 0.15) is 6.04 Å². The van der Waals surface area contributed by atoms with Crippen LogP contribution in [0.2, 0.25) is 0 Å². The van der Waals surface area contributed by atoms with Crippen molar-refractivity contribution in [1.82, 2.24) is 5.06 Å². The van der Waals surface area contributed by atoms with Crippen LogP contribution < -0.4 is 5.73 Å². The highest BCUT2D eigenvalue weighted by Crippen LogP contribution is 2.06. The molecule has 1 rings (SSSR count). The smallest absolute Gasteiger partial charge is 0.265 e. The number of amides is 1. The van der Waals surface area contributed by atoms with E-state index >= 15 is 0 Å². The summed E-state index contributed by atoms with van der Waals surface area (Å²) in [6.07, 6.45) is -0.590. The fourth-order valence-electron chi connectivity index (χ4n) is 1.45. The normalized spacial score (nSPS) is 14.1. The van der Waals surface area contributed by atoms with Crippen molar-refractivity contribution in [2.45, 2.75) is 18.6 Å². The van der Waals surface area contributed by atoms with Crippen LogP contribution >= 0.6 is 0 Å². The van der Waals surface area contributed by atoms with E-state index in [0.29, 0.717) is 6.42 Å². The van der Waals surface area contributed by atoms with Gasteiger partial charge in [0.25, 0.3) is 5.91 Å². The number of rotatable bonds is 5. The van der Waals surface area contributed by atoms with Gasteiger partial charge in [-0.05, 0) is 5.56 Å². The van der Waals surface area contributed by atoms with E-state index in [1.54, 1.807) is 0 Å². The summed E-state index contributed by atoms with van der Waals surface area (Å²) in [6, 6.07) is 8.40. The molecule has 0 fully saturated rings. The van der Waals surface area contributed by atoms with Gasteiger partial charge >= 0.3 is 0 Å². The molecular formula is C12H18N2O3. The van der Waals surface area contributed by atoms with Crippen molar-refractivity contribution in [3.8, 4) is 0 Å². The van der Waals surface area contributed by atoms with Crippen LogP contribution in [0.15, 0.2) is 30.3 Å². The summed E-state index contributed by atoms with van der Waals surface area (Å²) in [7, 11) is 2.83. The maximum absolute atomic E-state index is 11.6. The van der Waals surface area contributed by atoms with E-state index in [1.165, 1.54) is 14.2 Å². The fourth-order valence-corrected chi connectivity index (χ4v) is 1.45. The number of aliphatic hydroxyl groups excluding tert-OH is 1. The second kappa shape index (κ2) is 6.34. The Morgan fingerprint density at radius 1 is 1.47 bits per heavy atom. The van der Waals surface area contributed by atoms with E-state index in [-0.39, 0.29) is 0 Å². The molecule has 0 saturated heterocycles. The SMILES string of the molecule is CON(C)C(=O)[C@H](N)[C@@H](O)Cc1ccccc1. The minimum absolute atomic E-state index is 0.339. The predicted octanol–water partition coefficient (Wildman–Crippen LogP) is -0.0629. The minimum Gasteiger partial charge on any atom is -0.391 e. The number of hydrogen-bond donors (Lipinski definition) is 2. The summed E-state index contributed by atoms with van der Waals surface area (Å²) in [5.41, 5.74) is 6.60. The summed E-state index contributed by atoms with van der Waals surface area (Å²) in [4.78, 5) is 16.3. The molecule has 0 aliphatic heterocycles. The molecular weight excluding hydrogens is 220 g/mol. The van der Waals surface area contributed by atoms with Gasteiger partial charge < -0.3 is 10.8 Å². The Labute approximate surface area is 101 Å². The zero-order valence-corrected chi connectivity index (χ0v) is 10.0. The molecule has 5 nitrogen and oxygen atoms in total. The molecule has 0 aliphatic rings. The van der Waals surface area contributed by atoms with Crippen LogP contribution in [0.4, 0.5) is 0 Å². The highest BCUT2D eigenvalue weighted by Gasteiger charge is 2.25. The molecule has 5 heteroatoms. The molecule has 1 amide bonds. The zero-order chi connectivity index (χ0) is 12.8. The molecule has 2 atom stereocenters. The molecule has 0 aliphatic carbocycles. The van der Waals surface area contributed by atoms with Crippen LogP contribution in [0, 0.1) is 0 Å². The average molecular weight is 238 g/mol. The largest absolute Gasteiger partial charge is 0.391 e. The number of carbonyl (C=O) groups excluding carboxylic acids is 1. The Morgan fingerprint density at radius 2 is 2.06 bits per heavy atom. The fraction of sp³-hybridized carbons (Fsp3) is 0.417. The number of likely N-dealkylation sites (N-methyl/N-ethyl adjacent to an activating group) is 1. The number of carbonyl (C=O) groups is 1. The summed E-state index contributed by atoms with van der Waals surface area (Å²) in [6.45, 7) is 0. The van der Waals surface area contributed by atoms with Gasteiger partial charge in [-0.1, -0.05) is 30.3 Å². The van der Waals surface area contributed by atoms with Crippen LogP contribution in [-0.2, 0) is 16.1 Å². The summed E-state index contributed by atoms with van der Waals surface area (Å²) < 4.78 is 0. The topological polar surface area (TPSA) is 75.8 Å². The van der Waals surface area contributed by atoms with Crippen molar-refractivity contribution < 1.29 is 14.7 Å². The Kier molecular flexibility index (Phi) is 5.09. The lowest BCUT2D eigenvalue weighted by molar-refractivity contribution is -0.172. The maximum atomic E-state index is 11.6. The number of nitrogens with two attached hydrogens (primary N) is 1. The first kappa shape index (κ1) is 13.6. The third kappa shape index (κ3) is 3.81. The highest BCUT2D eigenvalue weighted by molar-refractivity contribution is 5.81. The molecule has 0 heterocycles. The minimum atomic E-state index is -0.986. The zero-order valence-electron chi connectivity index (χ0n) is 10.0. The standard InChI is InChI=1S/C12H18N2O3/c1-14(17-2)12(16)11(13)10(15)8-9-6-4-3-5-7-9/h3-7,10-11,15H,8,13H2,1-2H3/t10-,11+/m0/s1. The summed E-state index contributed by atoms with van der Waals surface area (Å²) >= 11 is 0. The van der Waals surface area contributed by atoms with Crippen LogP contribution in [0.3, 0.4) is 0 Å². The van der Waals surface area contributed by atoms with E-state index in [2.05, 4.69) is 0 Å². The second-order valence-corrected chi connectivity index (χ2v) is 3.80. The quantitative estimate of drug-likeness (QED) is 0.704. The monoisotopic (exact) mass is 238 g/mol. The molecule has 1 aromatic carbocycles. The first-order chi connectivity index (χ1) is 8.06. The van der Waals surface area contributed by atoms with Crippen molar-refractivity contribution in [3.05, 3.63) is 35.9 Å². The van der Waals surface area contributed by atoms with E-state index in [4.69, 9.17) is 10.6 Å². The highest BCUT2D eigenvalue weighted by atomic mass is 16.7. The average Bonchev–Trinajstić information content (AvgIpc) is 2.37. The molecule has 0 aromatic heterocycles. The molecule has 0 spiro atoms. The van der Waals surface area contributed by atoms with Gasteiger partial charge in [0.05, 0.1) is 13.2 Å². The molecule has 94 valence electrons. The van der Waals surface area contributed by atoms with Gasteiger partial charge in [0.2, 0.25) is 0 Å². The van der Waals surface area contributed by atoms with Crippen molar-refractivity contribution in [2.24, 2.45) is 5.73 Å². The van der Waals surface area contributed by atoms with Gasteiger partial charge in [0, 0.05) is 13.5 Å². The van der Waals surface area contributed by atoms with Crippen LogP contribution in [-0.4, -0.2) is 42.4 Å². The maximum Gasteiger partial charge on any atom is 0.265 e. The van der Waals surface area contributed by atoms with E-state index in [9.17, 15) is 9.90 Å². The Hall–Kier alpha value is -1.43. The lowest BCUT2D eigenvalue weighted by Crippen LogP contribution is -2.49. The van der Waals surface area contributed by atoms with Crippen LogP contribution in [0.1, 0.15) is 5.56 Å². The van der Waals surface area contributed by atoms with Gasteiger partial charge in [0.15, 0.2) is 0 Å². The molecule has 17 heavy (non-hydrogen) atoms. The molecule has 3 N–H and O–H groups in total. The van der Waals surface area contributed by atoms with Gasteiger partial charge in [-0.2, -0.15) is 0 Å². The summed E-state index contributed by atoms with van der Waals surface area (Å²) in [5, 5.41) is 10.9. The van der Waals surface area contributed by atoms with E-state index in [1.807, 2.05) is 30.3 Å². The molecule has 0 bridgehead atoms. The van der Waals surface area contributed by atoms with Gasteiger partial charge in [-0.3, -0.25) is 9.63 Å². The number of hydroxylamine groups is 2. The molecule has 1 aromatic rings. The summed E-state index contributed by atoms with van der Waals surface area (Å²) in [5.74, 6) is -0.448. The van der Waals surface area contributed by atoms with Gasteiger partial charge in [-0.15, -0.1) is 0 Å². The Balaban J connectivity index is 2.58. The van der Waals surface area contributed by atoms with Crippen molar-refractivity contribution in [2.75, 3.05) is 14.2 Å². The van der Waals surface area contributed by atoms with E-state index in [0.717, 1.165) is 10.6 Å². The van der Waals surface area contributed by atoms with Crippen molar-refractivity contribution in [3.63, 3.8) is 0 Å². The number of benzene rings is 1. The molecule has 0 radical (unpaired) electrons. The number of nitrogens with zero attached hydrogens (tertiary/aromatic N) is 1. The van der Waals surface area contributed by atoms with E-state index < -0.39 is 18.1 Å². The van der Waals surface area contributed by atoms with Crippen molar-refractivity contribution in [1.29, 1.82) is 0 Å². The second-order valence-electron chi connectivity index (χ2n) is 3.80. The third-order valence-corrected chi connectivity index (χ3v) is 2.57. The number of hydrogen-bond acceptors (Lipinski definition) is 4. The first-order valence-electron chi connectivity index (χ1n) is 5.35. The lowest BCUT2D eigenvalue weighted by atomic mass is 10.0. The Bertz CT molecular complexity index is 356. The van der Waals surface area contributed by atoms with Gasteiger partial charge in [-0.25, -0.2) is 5.06 Å². The molecule has 0 unspecified atom stereocenters.